The van der Waals surface area contributed by atoms with Crippen LogP contribution in [0.2, 0.25) is 0 Å². The third-order valence-electron chi connectivity index (χ3n) is 2.77. The van der Waals surface area contributed by atoms with Crippen LogP contribution < -0.4 is 9.47 Å². The van der Waals surface area contributed by atoms with Gasteiger partial charge in [-0.15, -0.1) is 5.10 Å². The van der Waals surface area contributed by atoms with Crippen molar-refractivity contribution >= 4 is 5.97 Å². The number of hydrogen-bond donors (Lipinski definition) is 1. The number of hydrogen-bond acceptors (Lipinski definition) is 5. The van der Waals surface area contributed by atoms with Gasteiger partial charge in [-0.1, -0.05) is 5.21 Å². The summed E-state index contributed by atoms with van der Waals surface area (Å²) in [6.07, 6.45) is 2.08. The smallest absolute Gasteiger partial charge is 0.303 e. The summed E-state index contributed by atoms with van der Waals surface area (Å²) in [5.74, 6) is 0.362. The van der Waals surface area contributed by atoms with Crippen molar-refractivity contribution in [3.8, 4) is 17.2 Å². The minimum Gasteiger partial charge on any atom is -0.493 e. The minimum absolute atomic E-state index is 0.0324. The Labute approximate surface area is 115 Å². The highest BCUT2D eigenvalue weighted by molar-refractivity contribution is 5.66. The van der Waals surface area contributed by atoms with E-state index in [1.807, 2.05) is 6.07 Å². The van der Waals surface area contributed by atoms with Gasteiger partial charge in [0.25, 0.3) is 0 Å². The molecule has 0 aliphatic carbocycles. The molecule has 0 amide bonds. The van der Waals surface area contributed by atoms with Crippen LogP contribution in [0.4, 0.5) is 0 Å². The molecule has 2 aromatic rings. The van der Waals surface area contributed by atoms with E-state index in [9.17, 15) is 4.79 Å². The molecule has 106 valence electrons. The summed E-state index contributed by atoms with van der Waals surface area (Å²) in [6.45, 7) is 0. The molecule has 0 radical (unpaired) electrons. The van der Waals surface area contributed by atoms with Gasteiger partial charge in [-0.05, 0) is 12.1 Å². The van der Waals surface area contributed by atoms with E-state index >= 15 is 0 Å². The summed E-state index contributed by atoms with van der Waals surface area (Å²) in [4.78, 5) is 10.5. The first kappa shape index (κ1) is 13.9. The predicted molar refractivity (Wildman–Crippen MR) is 70.4 cm³/mol. The summed E-state index contributed by atoms with van der Waals surface area (Å²) in [7, 11) is 3.12. The first-order chi connectivity index (χ1) is 9.63. The van der Waals surface area contributed by atoms with Crippen molar-refractivity contribution in [3.63, 3.8) is 0 Å². The fourth-order valence-corrected chi connectivity index (χ4v) is 1.74. The first-order valence-electron chi connectivity index (χ1n) is 5.99. The zero-order valence-electron chi connectivity index (χ0n) is 11.2. The Morgan fingerprint density at radius 1 is 1.30 bits per heavy atom. The number of methoxy groups -OCH3 is 2. The molecule has 0 bridgehead atoms. The van der Waals surface area contributed by atoms with E-state index in [2.05, 4.69) is 10.3 Å². The minimum atomic E-state index is -0.856. The van der Waals surface area contributed by atoms with Crippen LogP contribution in [0, 0.1) is 0 Å². The first-order valence-corrected chi connectivity index (χ1v) is 5.99. The molecule has 20 heavy (non-hydrogen) atoms. The van der Waals surface area contributed by atoms with Crippen LogP contribution in [0.5, 0.6) is 11.5 Å². The van der Waals surface area contributed by atoms with Gasteiger partial charge in [-0.2, -0.15) is 0 Å². The van der Waals surface area contributed by atoms with E-state index in [4.69, 9.17) is 14.6 Å². The SMILES string of the molecule is COc1ccc(-n2cc(CCC(=O)O)nn2)cc1OC. The zero-order valence-corrected chi connectivity index (χ0v) is 11.2. The zero-order chi connectivity index (χ0) is 14.5. The highest BCUT2D eigenvalue weighted by Crippen LogP contribution is 2.28. The summed E-state index contributed by atoms with van der Waals surface area (Å²) in [5.41, 5.74) is 1.39. The fraction of sp³-hybridized carbons (Fsp3) is 0.308. The van der Waals surface area contributed by atoms with E-state index in [0.29, 0.717) is 23.6 Å². The molecule has 0 saturated heterocycles. The molecule has 1 heterocycles. The van der Waals surface area contributed by atoms with Crippen molar-refractivity contribution < 1.29 is 19.4 Å². The summed E-state index contributed by atoms with van der Waals surface area (Å²) in [5, 5.41) is 16.6. The van der Waals surface area contributed by atoms with E-state index in [0.717, 1.165) is 5.69 Å². The fourth-order valence-electron chi connectivity index (χ4n) is 1.74. The molecule has 2 rings (SSSR count). The molecule has 0 spiro atoms. The molecule has 0 unspecified atom stereocenters. The van der Waals surface area contributed by atoms with E-state index < -0.39 is 5.97 Å². The van der Waals surface area contributed by atoms with Crippen LogP contribution in [-0.2, 0) is 11.2 Å². The maximum atomic E-state index is 10.5. The Hall–Kier alpha value is -2.57. The Balaban J connectivity index is 2.21. The maximum Gasteiger partial charge on any atom is 0.303 e. The van der Waals surface area contributed by atoms with E-state index in [1.54, 1.807) is 37.2 Å². The molecule has 0 atom stereocenters. The number of ether oxygens (including phenoxy) is 2. The van der Waals surface area contributed by atoms with Crippen molar-refractivity contribution in [3.05, 3.63) is 30.1 Å². The molecule has 0 saturated carbocycles. The molecule has 0 aliphatic rings. The summed E-state index contributed by atoms with van der Waals surface area (Å²) >= 11 is 0. The number of aliphatic carboxylic acids is 1. The average molecular weight is 277 g/mol. The van der Waals surface area contributed by atoms with Gasteiger partial charge in [0.1, 0.15) is 0 Å². The van der Waals surface area contributed by atoms with Crippen molar-refractivity contribution in [1.29, 1.82) is 0 Å². The Bertz CT molecular complexity index is 609. The number of nitrogens with zero attached hydrogens (tertiary/aromatic N) is 3. The molecule has 0 fully saturated rings. The maximum absolute atomic E-state index is 10.5. The van der Waals surface area contributed by atoms with E-state index in [-0.39, 0.29) is 6.42 Å². The number of carboxylic acids is 1. The van der Waals surface area contributed by atoms with Gasteiger partial charge in [0.05, 0.1) is 38.2 Å². The van der Waals surface area contributed by atoms with Crippen LogP contribution in [0.3, 0.4) is 0 Å². The van der Waals surface area contributed by atoms with Gasteiger partial charge in [0.2, 0.25) is 0 Å². The van der Waals surface area contributed by atoms with Crippen molar-refractivity contribution in [2.45, 2.75) is 12.8 Å². The molecule has 0 aliphatic heterocycles. The van der Waals surface area contributed by atoms with Crippen molar-refractivity contribution in [2.75, 3.05) is 14.2 Å². The molecule has 1 aromatic carbocycles. The van der Waals surface area contributed by atoms with Gasteiger partial charge >= 0.3 is 5.97 Å². The third kappa shape index (κ3) is 3.05. The molecular weight excluding hydrogens is 262 g/mol. The lowest BCUT2D eigenvalue weighted by atomic mass is 10.2. The average Bonchev–Trinajstić information content (AvgIpc) is 2.93. The lowest BCUT2D eigenvalue weighted by Gasteiger charge is -2.08. The third-order valence-corrected chi connectivity index (χ3v) is 2.77. The highest BCUT2D eigenvalue weighted by atomic mass is 16.5. The summed E-state index contributed by atoms with van der Waals surface area (Å²) < 4.78 is 12.0. The van der Waals surface area contributed by atoms with Gasteiger partial charge < -0.3 is 14.6 Å². The van der Waals surface area contributed by atoms with Crippen molar-refractivity contribution in [1.82, 2.24) is 15.0 Å². The molecule has 7 heteroatoms. The topological polar surface area (TPSA) is 86.5 Å². The normalized spacial score (nSPS) is 10.3. The Kier molecular flexibility index (Phi) is 4.19. The second-order valence-corrected chi connectivity index (χ2v) is 4.09. The Morgan fingerprint density at radius 2 is 2.05 bits per heavy atom. The quantitative estimate of drug-likeness (QED) is 0.856. The summed E-state index contributed by atoms with van der Waals surface area (Å²) in [6, 6.07) is 5.36. The number of aryl methyl sites for hydroxylation is 1. The Morgan fingerprint density at radius 3 is 2.70 bits per heavy atom. The van der Waals surface area contributed by atoms with Gasteiger partial charge in [0, 0.05) is 12.5 Å². The number of rotatable bonds is 6. The monoisotopic (exact) mass is 277 g/mol. The lowest BCUT2D eigenvalue weighted by Crippen LogP contribution is -1.98. The molecule has 1 aromatic heterocycles. The molecular formula is C13H15N3O4. The highest BCUT2D eigenvalue weighted by Gasteiger charge is 2.09. The predicted octanol–water partition coefficient (Wildman–Crippen LogP) is 1.30. The van der Waals surface area contributed by atoms with Gasteiger partial charge in [-0.25, -0.2) is 4.68 Å². The lowest BCUT2D eigenvalue weighted by molar-refractivity contribution is -0.136. The number of carboxylic acid groups (broad SMARTS) is 1. The standard InChI is InChI=1S/C13H15N3O4/c1-19-11-5-4-10(7-12(11)20-2)16-8-9(14-15-16)3-6-13(17)18/h4-5,7-8H,3,6H2,1-2H3,(H,17,18). The van der Waals surface area contributed by atoms with Crippen LogP contribution >= 0.6 is 0 Å². The van der Waals surface area contributed by atoms with Crippen LogP contribution in [-0.4, -0.2) is 40.3 Å². The molecule has 7 nitrogen and oxygen atoms in total. The van der Waals surface area contributed by atoms with Gasteiger partial charge in [-0.3, -0.25) is 4.79 Å². The number of carbonyl (C=O) groups is 1. The largest absolute Gasteiger partial charge is 0.493 e. The number of benzene rings is 1. The second kappa shape index (κ2) is 6.05. The van der Waals surface area contributed by atoms with E-state index in [1.165, 1.54) is 0 Å². The molecule has 1 N–H and O–H groups in total. The second-order valence-electron chi connectivity index (χ2n) is 4.09. The van der Waals surface area contributed by atoms with Crippen LogP contribution in [0.1, 0.15) is 12.1 Å². The van der Waals surface area contributed by atoms with Crippen LogP contribution in [0.25, 0.3) is 5.69 Å². The van der Waals surface area contributed by atoms with Crippen LogP contribution in [0.15, 0.2) is 24.4 Å². The van der Waals surface area contributed by atoms with Gasteiger partial charge in [0.15, 0.2) is 11.5 Å². The number of aromatic nitrogens is 3. The van der Waals surface area contributed by atoms with Crippen molar-refractivity contribution in [2.24, 2.45) is 0 Å².